The molecule has 8 heteroatoms. The topological polar surface area (TPSA) is 58.7 Å². The minimum Gasteiger partial charge on any atom is -0.358 e. The Bertz CT molecular complexity index is 594. The van der Waals surface area contributed by atoms with Crippen molar-refractivity contribution >= 4 is 51.7 Å². The van der Waals surface area contributed by atoms with Crippen LogP contribution in [0.25, 0.3) is 0 Å². The quantitative estimate of drug-likeness (QED) is 0.580. The summed E-state index contributed by atoms with van der Waals surface area (Å²) in [4.78, 5) is 17.1. The van der Waals surface area contributed by atoms with Gasteiger partial charge in [-0.1, -0.05) is 23.2 Å². The van der Waals surface area contributed by atoms with Crippen LogP contribution in [0.3, 0.4) is 0 Å². The van der Waals surface area contributed by atoms with E-state index in [9.17, 15) is 10.1 Å². The average Bonchev–Trinajstić information content (AvgIpc) is 2.89. The summed E-state index contributed by atoms with van der Waals surface area (Å²) in [6.45, 7) is 2.52. The molecule has 0 radical (unpaired) electrons. The van der Waals surface area contributed by atoms with Crippen LogP contribution >= 0.6 is 40.2 Å². The number of amidine groups is 1. The lowest BCUT2D eigenvalue weighted by atomic mass is 9.97. The van der Waals surface area contributed by atoms with Crippen molar-refractivity contribution in [3.63, 3.8) is 0 Å². The predicted octanol–water partition coefficient (Wildman–Crippen LogP) is 3.68. The van der Waals surface area contributed by atoms with E-state index in [4.69, 9.17) is 23.2 Å². The van der Waals surface area contributed by atoms with Gasteiger partial charge in [0.05, 0.1) is 17.3 Å². The van der Waals surface area contributed by atoms with Crippen LogP contribution in [0.5, 0.6) is 0 Å². The molecule has 0 amide bonds. The zero-order valence-electron chi connectivity index (χ0n) is 10.4. The fraction of sp³-hybridized carbons (Fsp3) is 0.417. The molecule has 0 aromatic heterocycles. The van der Waals surface area contributed by atoms with Crippen LogP contribution in [0, 0.1) is 10.1 Å². The molecule has 1 unspecified atom stereocenters. The molecule has 20 heavy (non-hydrogen) atoms. The molecule has 0 spiro atoms. The molecule has 1 aromatic rings. The predicted molar refractivity (Wildman–Crippen MR) is 84.7 cm³/mol. The third kappa shape index (κ3) is 2.52. The molecule has 0 saturated carbocycles. The van der Waals surface area contributed by atoms with Gasteiger partial charge in [-0.15, -0.1) is 17.0 Å². The smallest absolute Gasteiger partial charge is 0.288 e. The van der Waals surface area contributed by atoms with E-state index in [1.165, 1.54) is 6.07 Å². The lowest BCUT2D eigenvalue weighted by Crippen LogP contribution is -2.21. The van der Waals surface area contributed by atoms with E-state index in [2.05, 4.69) is 9.89 Å². The second-order valence-corrected chi connectivity index (χ2v) is 5.48. The van der Waals surface area contributed by atoms with Crippen LogP contribution in [-0.4, -0.2) is 35.3 Å². The maximum absolute atomic E-state index is 10.9. The van der Waals surface area contributed by atoms with E-state index in [0.717, 1.165) is 31.9 Å². The van der Waals surface area contributed by atoms with Gasteiger partial charge in [-0.05, 0) is 6.07 Å². The first-order valence-corrected chi connectivity index (χ1v) is 6.74. The molecule has 0 N–H and O–H groups in total. The molecule has 5 nitrogen and oxygen atoms in total. The Morgan fingerprint density at radius 3 is 2.80 bits per heavy atom. The second kappa shape index (κ2) is 5.87. The number of nitro groups is 1. The molecule has 1 atom stereocenters. The van der Waals surface area contributed by atoms with Gasteiger partial charge in [0.2, 0.25) is 0 Å². The molecule has 0 aliphatic carbocycles. The van der Waals surface area contributed by atoms with Crippen molar-refractivity contribution < 1.29 is 4.92 Å². The van der Waals surface area contributed by atoms with E-state index < -0.39 is 4.92 Å². The molecule has 1 aromatic carbocycles. The van der Waals surface area contributed by atoms with Crippen LogP contribution in [0.4, 0.5) is 5.69 Å². The largest absolute Gasteiger partial charge is 0.358 e. The monoisotopic (exact) mass is 379 g/mol. The van der Waals surface area contributed by atoms with Crippen LogP contribution in [0.2, 0.25) is 10.0 Å². The summed E-state index contributed by atoms with van der Waals surface area (Å²) in [6, 6.07) is 2.90. The Hall–Kier alpha value is -0.850. The fourth-order valence-electron chi connectivity index (χ4n) is 2.74. The third-order valence-corrected chi connectivity index (χ3v) is 4.34. The molecule has 2 aliphatic rings. The van der Waals surface area contributed by atoms with Gasteiger partial charge in [0.1, 0.15) is 5.02 Å². The maximum Gasteiger partial charge on any atom is 0.288 e. The van der Waals surface area contributed by atoms with Crippen molar-refractivity contribution in [2.45, 2.75) is 12.3 Å². The van der Waals surface area contributed by atoms with Crippen LogP contribution in [0.15, 0.2) is 17.1 Å². The number of aliphatic imine (C=N–C) groups is 1. The summed E-state index contributed by atoms with van der Waals surface area (Å²) in [5, 5.41) is 11.6. The molecule has 1 saturated heterocycles. The van der Waals surface area contributed by atoms with Crippen molar-refractivity contribution in [2.75, 3.05) is 19.6 Å². The highest BCUT2D eigenvalue weighted by Crippen LogP contribution is 2.42. The lowest BCUT2D eigenvalue weighted by Gasteiger charge is -2.15. The molecule has 108 valence electrons. The molecule has 2 heterocycles. The first kappa shape index (κ1) is 15.5. The Kier molecular flexibility index (Phi) is 4.56. The Labute approximate surface area is 136 Å². The number of benzene rings is 1. The first-order valence-electron chi connectivity index (χ1n) is 5.98. The van der Waals surface area contributed by atoms with Gasteiger partial charge in [0, 0.05) is 42.1 Å². The molecule has 0 bridgehead atoms. The van der Waals surface area contributed by atoms with Crippen LogP contribution < -0.4 is 0 Å². The van der Waals surface area contributed by atoms with E-state index in [1.54, 1.807) is 6.07 Å². The number of nitro benzene ring substituents is 1. The van der Waals surface area contributed by atoms with Gasteiger partial charge in [-0.2, -0.15) is 0 Å². The lowest BCUT2D eigenvalue weighted by molar-refractivity contribution is -0.384. The normalized spacial score (nSPS) is 20.4. The van der Waals surface area contributed by atoms with Gasteiger partial charge < -0.3 is 4.90 Å². The highest BCUT2D eigenvalue weighted by atomic mass is 79.9. The highest BCUT2D eigenvalue weighted by Gasteiger charge is 2.35. The van der Waals surface area contributed by atoms with Crippen molar-refractivity contribution in [2.24, 2.45) is 4.99 Å². The van der Waals surface area contributed by atoms with Crippen molar-refractivity contribution in [1.29, 1.82) is 0 Å². The Morgan fingerprint density at radius 1 is 1.40 bits per heavy atom. The molecule has 2 aliphatic heterocycles. The zero-order chi connectivity index (χ0) is 13.6. The van der Waals surface area contributed by atoms with Gasteiger partial charge in [0.15, 0.2) is 0 Å². The van der Waals surface area contributed by atoms with Gasteiger partial charge in [-0.25, -0.2) is 0 Å². The number of hydrogen-bond donors (Lipinski definition) is 0. The molecular formula is C12H12BrCl2N3O2. The van der Waals surface area contributed by atoms with Crippen molar-refractivity contribution in [3.05, 3.63) is 37.9 Å². The summed E-state index contributed by atoms with van der Waals surface area (Å²) in [6.07, 6.45) is 0.751. The molecule has 1 fully saturated rings. The highest BCUT2D eigenvalue weighted by molar-refractivity contribution is 8.93. The third-order valence-electron chi connectivity index (χ3n) is 3.61. The minimum absolute atomic E-state index is 0. The summed E-state index contributed by atoms with van der Waals surface area (Å²) in [5.74, 6) is 1.14. The van der Waals surface area contributed by atoms with Crippen molar-refractivity contribution in [3.8, 4) is 0 Å². The molecule has 3 rings (SSSR count). The SMILES string of the molecule is Br.O=[N+]([O-])c1ccc(Cl)c(C2CC3=NCCN3C2)c1Cl. The van der Waals surface area contributed by atoms with E-state index in [0.29, 0.717) is 10.6 Å². The van der Waals surface area contributed by atoms with Gasteiger partial charge in [-0.3, -0.25) is 15.1 Å². The first-order chi connectivity index (χ1) is 9.08. The Balaban J connectivity index is 0.00000147. The van der Waals surface area contributed by atoms with E-state index in [-0.39, 0.29) is 33.6 Å². The van der Waals surface area contributed by atoms with Crippen LogP contribution in [-0.2, 0) is 0 Å². The number of nitrogens with zero attached hydrogens (tertiary/aromatic N) is 3. The average molecular weight is 381 g/mol. The van der Waals surface area contributed by atoms with Gasteiger partial charge in [0.25, 0.3) is 5.69 Å². The standard InChI is InChI=1S/C12H11Cl2N3O2.BrH/c13-8-1-2-9(17(18)19)12(14)11(8)7-5-10-15-3-4-16(10)6-7;/h1-2,7H,3-6H2;1H. The minimum atomic E-state index is -0.476. The Morgan fingerprint density at radius 2 is 2.15 bits per heavy atom. The molecular weight excluding hydrogens is 369 g/mol. The van der Waals surface area contributed by atoms with Crippen molar-refractivity contribution in [1.82, 2.24) is 4.90 Å². The summed E-state index contributed by atoms with van der Waals surface area (Å²) >= 11 is 12.3. The second-order valence-electron chi connectivity index (χ2n) is 4.70. The van der Waals surface area contributed by atoms with Crippen LogP contribution in [0.1, 0.15) is 17.9 Å². The summed E-state index contributed by atoms with van der Waals surface area (Å²) in [5.41, 5.74) is 0.588. The van der Waals surface area contributed by atoms with E-state index >= 15 is 0 Å². The number of halogens is 3. The summed E-state index contributed by atoms with van der Waals surface area (Å²) < 4.78 is 0. The maximum atomic E-state index is 10.9. The number of fused-ring (bicyclic) bond motifs is 1. The number of hydrogen-bond acceptors (Lipinski definition) is 4. The van der Waals surface area contributed by atoms with Gasteiger partial charge >= 0.3 is 0 Å². The number of rotatable bonds is 2. The van der Waals surface area contributed by atoms with E-state index in [1.807, 2.05) is 0 Å². The zero-order valence-corrected chi connectivity index (χ0v) is 13.6. The summed E-state index contributed by atoms with van der Waals surface area (Å²) in [7, 11) is 0. The fourth-order valence-corrected chi connectivity index (χ4v) is 3.48.